The first-order valence-corrected chi connectivity index (χ1v) is 5.76. The average molecular weight is 209 g/mol. The Morgan fingerprint density at radius 3 is 2.53 bits per heavy atom. The lowest BCUT2D eigenvalue weighted by Gasteiger charge is -2.06. The van der Waals surface area contributed by atoms with Gasteiger partial charge in [0.25, 0.3) is 0 Å². The van der Waals surface area contributed by atoms with E-state index < -0.39 is 0 Å². The summed E-state index contributed by atoms with van der Waals surface area (Å²) in [6.45, 7) is 2.46. The van der Waals surface area contributed by atoms with Crippen LogP contribution in [0.15, 0.2) is 18.2 Å². The third-order valence-corrected chi connectivity index (χ3v) is 2.68. The number of aryl methyl sites for hydroxylation is 1. The Hall–Kier alpha value is -0.890. The fraction of sp³-hybridized carbons (Fsp3) is 0.538. The lowest BCUT2D eigenvalue weighted by molar-refractivity contribution is 0.580. The molecule has 0 aliphatic heterocycles. The van der Waals surface area contributed by atoms with Gasteiger partial charge in [0, 0.05) is 12.1 Å². The third kappa shape index (κ3) is 3.63. The van der Waals surface area contributed by atoms with Crippen molar-refractivity contribution in [3.05, 3.63) is 35.1 Å². The molecule has 2 N–H and O–H groups in total. The van der Waals surface area contributed by atoms with Gasteiger partial charge in [-0.15, -0.1) is 0 Å². The molecular formula is C13H20FN. The largest absolute Gasteiger partial charge is 0.326 e. The zero-order valence-corrected chi connectivity index (χ0v) is 9.43. The van der Waals surface area contributed by atoms with Gasteiger partial charge in [-0.05, 0) is 18.4 Å². The van der Waals surface area contributed by atoms with E-state index in [4.69, 9.17) is 5.73 Å². The van der Waals surface area contributed by atoms with Crippen molar-refractivity contribution in [3.63, 3.8) is 0 Å². The summed E-state index contributed by atoms with van der Waals surface area (Å²) in [5.41, 5.74) is 6.90. The minimum Gasteiger partial charge on any atom is -0.326 e. The van der Waals surface area contributed by atoms with Gasteiger partial charge in [0.2, 0.25) is 0 Å². The molecule has 0 atom stereocenters. The number of nitrogens with two attached hydrogens (primary N) is 1. The highest BCUT2D eigenvalue weighted by molar-refractivity contribution is 5.25. The van der Waals surface area contributed by atoms with Gasteiger partial charge in [-0.3, -0.25) is 0 Å². The maximum atomic E-state index is 13.7. The van der Waals surface area contributed by atoms with Crippen LogP contribution in [0.2, 0.25) is 0 Å². The van der Waals surface area contributed by atoms with Gasteiger partial charge in [0.15, 0.2) is 0 Å². The van der Waals surface area contributed by atoms with Crippen LogP contribution < -0.4 is 5.73 Å². The average Bonchev–Trinajstić information content (AvgIpc) is 2.26. The first kappa shape index (κ1) is 12.2. The maximum absolute atomic E-state index is 13.7. The van der Waals surface area contributed by atoms with E-state index in [1.807, 2.05) is 12.1 Å². The van der Waals surface area contributed by atoms with Crippen molar-refractivity contribution in [1.82, 2.24) is 0 Å². The van der Waals surface area contributed by atoms with Crippen molar-refractivity contribution < 1.29 is 4.39 Å². The van der Waals surface area contributed by atoms with Gasteiger partial charge in [-0.25, -0.2) is 4.39 Å². The van der Waals surface area contributed by atoms with E-state index in [0.717, 1.165) is 18.4 Å². The van der Waals surface area contributed by atoms with E-state index >= 15 is 0 Å². The highest BCUT2D eigenvalue weighted by Gasteiger charge is 2.05. The summed E-state index contributed by atoms with van der Waals surface area (Å²) < 4.78 is 13.7. The molecule has 0 heterocycles. The summed E-state index contributed by atoms with van der Waals surface area (Å²) in [6, 6.07) is 5.51. The molecule has 1 aromatic carbocycles. The topological polar surface area (TPSA) is 26.0 Å². The molecule has 0 radical (unpaired) electrons. The van der Waals surface area contributed by atoms with E-state index in [2.05, 4.69) is 6.92 Å². The molecule has 0 fully saturated rings. The van der Waals surface area contributed by atoms with Crippen LogP contribution in [0.5, 0.6) is 0 Å². The Kier molecular flexibility index (Phi) is 5.33. The molecule has 2 heteroatoms. The summed E-state index contributed by atoms with van der Waals surface area (Å²) >= 11 is 0. The number of benzene rings is 1. The predicted octanol–water partition coefficient (Wildman–Crippen LogP) is 3.41. The van der Waals surface area contributed by atoms with Crippen LogP contribution in [-0.4, -0.2) is 0 Å². The second-order valence-electron chi connectivity index (χ2n) is 3.91. The van der Waals surface area contributed by atoms with E-state index in [1.165, 1.54) is 19.3 Å². The summed E-state index contributed by atoms with van der Waals surface area (Å²) in [5, 5.41) is 0. The van der Waals surface area contributed by atoms with Crippen molar-refractivity contribution in [2.24, 2.45) is 5.73 Å². The Balaban J connectivity index is 2.53. The molecule has 1 nitrogen and oxygen atoms in total. The lowest BCUT2D eigenvalue weighted by Crippen LogP contribution is -2.02. The number of hydrogen-bond acceptors (Lipinski definition) is 1. The van der Waals surface area contributed by atoms with Crippen LogP contribution in [0.4, 0.5) is 4.39 Å². The van der Waals surface area contributed by atoms with Crippen molar-refractivity contribution in [3.8, 4) is 0 Å². The van der Waals surface area contributed by atoms with Crippen LogP contribution in [-0.2, 0) is 13.0 Å². The van der Waals surface area contributed by atoms with E-state index in [0.29, 0.717) is 5.56 Å². The molecule has 84 valence electrons. The van der Waals surface area contributed by atoms with Gasteiger partial charge < -0.3 is 5.73 Å². The zero-order chi connectivity index (χ0) is 11.1. The molecule has 0 spiro atoms. The number of halogens is 1. The SMILES string of the molecule is CCCCCCc1cccc(CN)c1F. The van der Waals surface area contributed by atoms with Crippen LogP contribution >= 0.6 is 0 Å². The molecule has 0 unspecified atom stereocenters. The Labute approximate surface area is 91.5 Å². The van der Waals surface area contributed by atoms with E-state index in [1.54, 1.807) is 6.07 Å². The monoisotopic (exact) mass is 209 g/mol. The smallest absolute Gasteiger partial charge is 0.130 e. The van der Waals surface area contributed by atoms with Crippen molar-refractivity contribution in [2.75, 3.05) is 0 Å². The quantitative estimate of drug-likeness (QED) is 0.714. The molecular weight excluding hydrogens is 189 g/mol. The Morgan fingerprint density at radius 1 is 1.13 bits per heavy atom. The number of rotatable bonds is 6. The van der Waals surface area contributed by atoms with Crippen molar-refractivity contribution in [1.29, 1.82) is 0 Å². The molecule has 0 saturated heterocycles. The lowest BCUT2D eigenvalue weighted by atomic mass is 10.0. The standard InChI is InChI=1S/C13H20FN/c1-2-3-4-5-7-11-8-6-9-12(10-15)13(11)14/h6,8-9H,2-5,7,10,15H2,1H3. The summed E-state index contributed by atoms with van der Waals surface area (Å²) in [4.78, 5) is 0. The van der Waals surface area contributed by atoms with Crippen LogP contribution in [0.3, 0.4) is 0 Å². The molecule has 0 aliphatic rings. The first-order valence-electron chi connectivity index (χ1n) is 5.76. The fourth-order valence-electron chi connectivity index (χ4n) is 1.73. The molecule has 0 bridgehead atoms. The third-order valence-electron chi connectivity index (χ3n) is 2.68. The Bertz CT molecular complexity index is 297. The second-order valence-corrected chi connectivity index (χ2v) is 3.91. The predicted molar refractivity (Wildman–Crippen MR) is 62.1 cm³/mol. The van der Waals surface area contributed by atoms with Gasteiger partial charge >= 0.3 is 0 Å². The molecule has 0 aliphatic carbocycles. The van der Waals surface area contributed by atoms with Crippen LogP contribution in [0, 0.1) is 5.82 Å². The fourth-order valence-corrected chi connectivity index (χ4v) is 1.73. The second kappa shape index (κ2) is 6.57. The van der Waals surface area contributed by atoms with Gasteiger partial charge in [0.05, 0.1) is 0 Å². The maximum Gasteiger partial charge on any atom is 0.130 e. The highest BCUT2D eigenvalue weighted by atomic mass is 19.1. The van der Waals surface area contributed by atoms with E-state index in [-0.39, 0.29) is 12.4 Å². The van der Waals surface area contributed by atoms with Gasteiger partial charge in [-0.1, -0.05) is 44.4 Å². The molecule has 15 heavy (non-hydrogen) atoms. The number of hydrogen-bond donors (Lipinski definition) is 1. The number of unbranched alkanes of at least 4 members (excludes halogenated alkanes) is 3. The minimum atomic E-state index is -0.100. The van der Waals surface area contributed by atoms with Crippen LogP contribution in [0.1, 0.15) is 43.7 Å². The van der Waals surface area contributed by atoms with Crippen LogP contribution in [0.25, 0.3) is 0 Å². The van der Waals surface area contributed by atoms with Crippen molar-refractivity contribution >= 4 is 0 Å². The summed E-state index contributed by atoms with van der Waals surface area (Å²) in [5.74, 6) is -0.100. The molecule has 0 saturated carbocycles. The normalized spacial score (nSPS) is 10.6. The summed E-state index contributed by atoms with van der Waals surface area (Å²) in [6.07, 6.45) is 5.53. The molecule has 1 rings (SSSR count). The van der Waals surface area contributed by atoms with E-state index in [9.17, 15) is 4.39 Å². The van der Waals surface area contributed by atoms with Gasteiger partial charge in [-0.2, -0.15) is 0 Å². The van der Waals surface area contributed by atoms with Gasteiger partial charge in [0.1, 0.15) is 5.82 Å². The molecule has 0 amide bonds. The highest BCUT2D eigenvalue weighted by Crippen LogP contribution is 2.15. The molecule has 1 aromatic rings. The summed E-state index contributed by atoms with van der Waals surface area (Å²) in [7, 11) is 0. The Morgan fingerprint density at radius 2 is 1.87 bits per heavy atom. The molecule has 0 aromatic heterocycles. The zero-order valence-electron chi connectivity index (χ0n) is 9.43. The van der Waals surface area contributed by atoms with Crippen molar-refractivity contribution in [2.45, 2.75) is 45.6 Å². The first-order chi connectivity index (χ1) is 7.29. The minimum absolute atomic E-state index is 0.100.